The van der Waals surface area contributed by atoms with Gasteiger partial charge in [-0.3, -0.25) is 14.3 Å². The number of methoxy groups -OCH3 is 1. The summed E-state index contributed by atoms with van der Waals surface area (Å²) in [5, 5.41) is 7.70. The van der Waals surface area contributed by atoms with E-state index in [2.05, 4.69) is 15.4 Å². The molecule has 1 saturated heterocycles. The van der Waals surface area contributed by atoms with E-state index < -0.39 is 23.9 Å². The average Bonchev–Trinajstić information content (AvgIpc) is 3.44. The molecule has 0 radical (unpaired) electrons. The Labute approximate surface area is 211 Å². The first kappa shape index (κ1) is 24.4. The predicted molar refractivity (Wildman–Crippen MR) is 133 cm³/mol. The van der Waals surface area contributed by atoms with Gasteiger partial charge in [-0.05, 0) is 29.3 Å². The zero-order chi connectivity index (χ0) is 26.2. The normalized spacial score (nSPS) is 17.8. The number of carbonyl (C=O) groups is 2. The predicted octanol–water partition coefficient (Wildman–Crippen LogP) is 4.11. The van der Waals surface area contributed by atoms with Gasteiger partial charge in [0.25, 0.3) is 5.91 Å². The van der Waals surface area contributed by atoms with E-state index in [0.717, 1.165) is 22.0 Å². The Balaban J connectivity index is 1.46. The van der Waals surface area contributed by atoms with Crippen molar-refractivity contribution in [2.45, 2.75) is 37.9 Å². The van der Waals surface area contributed by atoms with Gasteiger partial charge >= 0.3 is 5.92 Å². The highest BCUT2D eigenvalue weighted by molar-refractivity contribution is 6.00. The summed E-state index contributed by atoms with van der Waals surface area (Å²) in [4.78, 5) is 31.1. The molecule has 2 amide bonds. The van der Waals surface area contributed by atoms with Crippen LogP contribution in [0, 0.1) is 0 Å². The molecule has 10 heteroatoms. The summed E-state index contributed by atoms with van der Waals surface area (Å²) in [6.07, 6.45) is 3.34. The van der Waals surface area contributed by atoms with Crippen LogP contribution in [0.2, 0.25) is 0 Å². The molecule has 1 fully saturated rings. The third-order valence-electron chi connectivity index (χ3n) is 6.42. The minimum absolute atomic E-state index is 0.0941. The van der Waals surface area contributed by atoms with Crippen LogP contribution in [-0.4, -0.2) is 45.7 Å². The number of hydrogen-bond acceptors (Lipinski definition) is 5. The fourth-order valence-corrected chi connectivity index (χ4v) is 4.64. The maximum atomic E-state index is 13.7. The summed E-state index contributed by atoms with van der Waals surface area (Å²) in [5.41, 5.74) is 3.14. The molecule has 8 nitrogen and oxygen atoms in total. The Hall–Kier alpha value is -4.34. The van der Waals surface area contributed by atoms with Crippen LogP contribution >= 0.6 is 0 Å². The van der Waals surface area contributed by atoms with Crippen molar-refractivity contribution in [3.05, 3.63) is 84.2 Å². The van der Waals surface area contributed by atoms with Crippen LogP contribution in [-0.2, 0) is 16.1 Å². The topological polar surface area (TPSA) is 89.4 Å². The van der Waals surface area contributed by atoms with Crippen molar-refractivity contribution in [3.8, 4) is 5.88 Å². The molecule has 5 rings (SSSR count). The van der Waals surface area contributed by atoms with Gasteiger partial charge in [-0.25, -0.2) is 4.98 Å². The second-order valence-corrected chi connectivity index (χ2v) is 9.05. The molecule has 0 bridgehead atoms. The molecule has 1 N–H and O–H groups in total. The van der Waals surface area contributed by atoms with Crippen LogP contribution in [0.3, 0.4) is 0 Å². The molecule has 2 aromatic heterocycles. The van der Waals surface area contributed by atoms with E-state index in [9.17, 15) is 18.4 Å². The second kappa shape index (κ2) is 9.61. The number of ether oxygens (including phenoxy) is 1. The van der Waals surface area contributed by atoms with E-state index in [1.807, 2.05) is 53.2 Å². The third kappa shape index (κ3) is 4.87. The number of aromatic nitrogens is 3. The molecule has 0 aliphatic carbocycles. The maximum absolute atomic E-state index is 13.7. The van der Waals surface area contributed by atoms with Crippen molar-refractivity contribution in [2.24, 2.45) is 0 Å². The van der Waals surface area contributed by atoms with Crippen molar-refractivity contribution in [2.75, 3.05) is 12.0 Å². The fraction of sp³-hybridized carbons (Fsp3) is 0.259. The van der Waals surface area contributed by atoms with Gasteiger partial charge in [-0.2, -0.15) is 13.9 Å². The summed E-state index contributed by atoms with van der Waals surface area (Å²) >= 11 is 0. The number of fused-ring (bicyclic) bond motifs is 1. The molecule has 1 aliphatic rings. The first-order valence-electron chi connectivity index (χ1n) is 11.7. The van der Waals surface area contributed by atoms with Gasteiger partial charge in [-0.1, -0.05) is 36.4 Å². The van der Waals surface area contributed by atoms with E-state index in [1.54, 1.807) is 36.5 Å². The number of amides is 2. The molecule has 0 spiro atoms. The molecule has 2 atom stereocenters. The SMILES string of the molecule is COc1ccc(Cn2ncc3cc(N4C(=O)C[C@H](NC(=O)C(C)(F)F)C4c4ccccc4)ccc32)cn1. The van der Waals surface area contributed by atoms with Crippen molar-refractivity contribution in [3.63, 3.8) is 0 Å². The van der Waals surface area contributed by atoms with E-state index in [0.29, 0.717) is 25.0 Å². The number of benzene rings is 2. The summed E-state index contributed by atoms with van der Waals surface area (Å²) in [6, 6.07) is 16.9. The van der Waals surface area contributed by atoms with Crippen molar-refractivity contribution < 1.29 is 23.1 Å². The number of nitrogens with zero attached hydrogens (tertiary/aromatic N) is 4. The molecule has 1 unspecified atom stereocenters. The Kier molecular flexibility index (Phi) is 6.32. The lowest BCUT2D eigenvalue weighted by Gasteiger charge is -2.29. The highest BCUT2D eigenvalue weighted by Crippen LogP contribution is 2.38. The molecule has 2 aromatic carbocycles. The number of rotatable bonds is 7. The lowest BCUT2D eigenvalue weighted by atomic mass is 9.99. The van der Waals surface area contributed by atoms with Crippen molar-refractivity contribution >= 4 is 28.4 Å². The van der Waals surface area contributed by atoms with Crippen LogP contribution < -0.4 is 15.0 Å². The van der Waals surface area contributed by atoms with Gasteiger partial charge < -0.3 is 15.0 Å². The van der Waals surface area contributed by atoms with Crippen molar-refractivity contribution in [1.29, 1.82) is 0 Å². The molecule has 0 saturated carbocycles. The highest BCUT2D eigenvalue weighted by atomic mass is 19.3. The number of anilines is 1. The molecule has 37 heavy (non-hydrogen) atoms. The molecular weight excluding hydrogens is 480 g/mol. The number of halogens is 2. The summed E-state index contributed by atoms with van der Waals surface area (Å²) in [5.74, 6) is -4.70. The van der Waals surface area contributed by atoms with E-state index >= 15 is 0 Å². The second-order valence-electron chi connectivity index (χ2n) is 9.05. The number of nitrogens with one attached hydrogen (secondary N) is 1. The van der Waals surface area contributed by atoms with Gasteiger partial charge in [0.15, 0.2) is 0 Å². The largest absolute Gasteiger partial charge is 0.481 e. The van der Waals surface area contributed by atoms with Crippen LogP contribution in [0.15, 0.2) is 73.1 Å². The Morgan fingerprint density at radius 2 is 1.92 bits per heavy atom. The number of carbonyl (C=O) groups excluding carboxylic acids is 2. The minimum atomic E-state index is -3.55. The number of hydrogen-bond donors (Lipinski definition) is 1. The van der Waals surface area contributed by atoms with E-state index in [4.69, 9.17) is 4.74 Å². The van der Waals surface area contributed by atoms with Gasteiger partial charge in [0.2, 0.25) is 11.8 Å². The number of alkyl halides is 2. The van der Waals surface area contributed by atoms with Gasteiger partial charge in [0.1, 0.15) is 0 Å². The zero-order valence-electron chi connectivity index (χ0n) is 20.3. The van der Waals surface area contributed by atoms with Crippen molar-refractivity contribution in [1.82, 2.24) is 20.1 Å². The fourth-order valence-electron chi connectivity index (χ4n) is 4.64. The number of pyridine rings is 1. The molecule has 190 valence electrons. The Morgan fingerprint density at radius 1 is 1.14 bits per heavy atom. The smallest absolute Gasteiger partial charge is 0.321 e. The quantitative estimate of drug-likeness (QED) is 0.409. The van der Waals surface area contributed by atoms with Gasteiger partial charge in [-0.15, -0.1) is 0 Å². The lowest BCUT2D eigenvalue weighted by molar-refractivity contribution is -0.143. The summed E-state index contributed by atoms with van der Waals surface area (Å²) in [7, 11) is 1.56. The van der Waals surface area contributed by atoms with Crippen LogP contribution in [0.25, 0.3) is 10.9 Å². The summed E-state index contributed by atoms with van der Waals surface area (Å²) in [6.45, 7) is 1.04. The van der Waals surface area contributed by atoms with Crippen LogP contribution in [0.5, 0.6) is 5.88 Å². The highest BCUT2D eigenvalue weighted by Gasteiger charge is 2.45. The van der Waals surface area contributed by atoms with Gasteiger partial charge in [0.05, 0.1) is 37.5 Å². The lowest BCUT2D eigenvalue weighted by Crippen LogP contribution is -2.46. The van der Waals surface area contributed by atoms with E-state index in [-0.39, 0.29) is 12.3 Å². The van der Waals surface area contributed by atoms with E-state index in [1.165, 1.54) is 0 Å². The van der Waals surface area contributed by atoms with Gasteiger partial charge in [0, 0.05) is 36.7 Å². The molecular formula is C27H25F2N5O3. The zero-order valence-corrected chi connectivity index (χ0v) is 20.3. The first-order chi connectivity index (χ1) is 17.7. The maximum Gasteiger partial charge on any atom is 0.321 e. The molecule has 1 aliphatic heterocycles. The standard InChI is InChI=1S/C27H25F2N5O3/c1-27(28,29)26(36)32-21-13-24(35)34(25(21)18-6-4-3-5-7-18)20-9-10-22-19(12-20)15-31-33(22)16-17-8-11-23(37-2)30-14-17/h3-12,14-15,21,25H,13,16H2,1-2H3,(H,32,36)/t21-,25?/m0/s1. The van der Waals surface area contributed by atoms with Crippen LogP contribution in [0.4, 0.5) is 14.5 Å². The monoisotopic (exact) mass is 505 g/mol. The average molecular weight is 506 g/mol. The molecule has 4 aromatic rings. The Morgan fingerprint density at radius 3 is 2.59 bits per heavy atom. The first-order valence-corrected chi connectivity index (χ1v) is 11.7. The summed E-state index contributed by atoms with van der Waals surface area (Å²) < 4.78 is 34.2. The minimum Gasteiger partial charge on any atom is -0.481 e. The van der Waals surface area contributed by atoms with Crippen LogP contribution in [0.1, 0.15) is 30.5 Å². The molecule has 3 heterocycles. The third-order valence-corrected chi connectivity index (χ3v) is 6.42. The Bertz CT molecular complexity index is 1430.